The van der Waals surface area contributed by atoms with Crippen LogP contribution in [0.25, 0.3) is 60.6 Å². The van der Waals surface area contributed by atoms with Crippen LogP contribution < -0.4 is 13.9 Å². The van der Waals surface area contributed by atoms with Crippen molar-refractivity contribution < 1.29 is 4.74 Å². The summed E-state index contributed by atoms with van der Waals surface area (Å²) in [5, 5.41) is 4.64. The summed E-state index contributed by atoms with van der Waals surface area (Å²) in [6, 6.07) is 72.0. The normalized spacial score (nSPS) is 12.2. The summed E-state index contributed by atoms with van der Waals surface area (Å²) in [6.07, 6.45) is 1.92. The van der Waals surface area contributed by atoms with Gasteiger partial charge in [0.15, 0.2) is 0 Å². The highest BCUT2D eigenvalue weighted by Gasteiger charge is 2.41. The van der Waals surface area contributed by atoms with E-state index in [2.05, 4.69) is 215 Å². The van der Waals surface area contributed by atoms with E-state index in [1.54, 1.807) is 0 Å². The Bertz CT molecular complexity index is 3230. The number of aryl methyl sites for hydroxylation is 1. The number of ether oxygens (including phenoxy) is 1. The number of hydrogen-bond donors (Lipinski definition) is 0. The van der Waals surface area contributed by atoms with Gasteiger partial charge in [-0.1, -0.05) is 115 Å². The van der Waals surface area contributed by atoms with Crippen LogP contribution in [0.3, 0.4) is 0 Å². The molecule has 11 rings (SSSR count). The first-order valence-corrected chi connectivity index (χ1v) is 19.5. The highest BCUT2D eigenvalue weighted by molar-refractivity contribution is 6.10. The van der Waals surface area contributed by atoms with Gasteiger partial charge in [-0.25, -0.2) is 4.98 Å². The molecule has 0 atom stereocenters. The zero-order chi connectivity index (χ0) is 38.6. The average Bonchev–Trinajstić information content (AvgIpc) is 3.83. The fourth-order valence-electron chi connectivity index (χ4n) is 8.38. The van der Waals surface area contributed by atoms with Gasteiger partial charge in [0.05, 0.1) is 33.6 Å². The molecule has 5 heteroatoms. The molecular formula is C53H36N4O+2. The fraction of sp³-hybridized carbons (Fsp3) is 0.0189. The summed E-state index contributed by atoms with van der Waals surface area (Å²) < 4.78 is 13.4. The second-order valence-electron chi connectivity index (χ2n) is 14.7. The molecule has 0 N–H and O–H groups in total. The van der Waals surface area contributed by atoms with Gasteiger partial charge < -0.3 is 4.74 Å². The lowest BCUT2D eigenvalue weighted by atomic mass is 9.95. The van der Waals surface area contributed by atoms with Crippen LogP contribution in [0.2, 0.25) is 0 Å². The van der Waals surface area contributed by atoms with Gasteiger partial charge in [0.2, 0.25) is 11.4 Å². The Balaban J connectivity index is 1.08. The summed E-state index contributed by atoms with van der Waals surface area (Å²) in [5.74, 6) is 2.34. The van der Waals surface area contributed by atoms with Gasteiger partial charge in [-0.2, -0.15) is 0 Å². The number of nitrogens with zero attached hydrogens (tertiary/aromatic N) is 4. The summed E-state index contributed by atoms with van der Waals surface area (Å²) in [6.45, 7) is 2.06. The molecule has 0 aliphatic carbocycles. The molecule has 58 heavy (non-hydrogen) atoms. The number of para-hydroxylation sites is 2. The molecule has 0 bridgehead atoms. The lowest BCUT2D eigenvalue weighted by Crippen LogP contribution is -2.05. The monoisotopic (exact) mass is 744 g/mol. The lowest BCUT2D eigenvalue weighted by molar-refractivity contribution is 0.483. The molecule has 2 aromatic heterocycles. The van der Waals surface area contributed by atoms with E-state index in [-0.39, 0.29) is 0 Å². The minimum absolute atomic E-state index is 0.727. The highest BCUT2D eigenvalue weighted by Crippen LogP contribution is 2.47. The topological polar surface area (TPSA) is 33.1 Å². The molecule has 0 fully saturated rings. The third-order valence-electron chi connectivity index (χ3n) is 11.1. The van der Waals surface area contributed by atoms with Crippen molar-refractivity contribution in [3.8, 4) is 39.6 Å². The van der Waals surface area contributed by atoms with Crippen molar-refractivity contribution >= 4 is 61.3 Å². The van der Waals surface area contributed by atoms with Gasteiger partial charge >= 0.3 is 11.7 Å². The number of fused-ring (bicyclic) bond motifs is 6. The molecule has 272 valence electrons. The second kappa shape index (κ2) is 13.7. The minimum Gasteiger partial charge on any atom is -0.457 e. The molecule has 1 aliphatic heterocycles. The third kappa shape index (κ3) is 5.61. The Morgan fingerprint density at radius 3 is 1.93 bits per heavy atom. The second-order valence-corrected chi connectivity index (χ2v) is 14.7. The number of benzene rings is 8. The summed E-state index contributed by atoms with van der Waals surface area (Å²) in [7, 11) is 0. The van der Waals surface area contributed by atoms with E-state index in [9.17, 15) is 0 Å². The van der Waals surface area contributed by atoms with Crippen LogP contribution >= 0.6 is 0 Å². The largest absolute Gasteiger partial charge is 0.503 e. The quantitative estimate of drug-likeness (QED) is 0.152. The van der Waals surface area contributed by atoms with Crippen molar-refractivity contribution in [2.24, 2.45) is 0 Å². The van der Waals surface area contributed by atoms with Crippen LogP contribution in [-0.4, -0.2) is 15.6 Å². The van der Waals surface area contributed by atoms with Crippen LogP contribution in [0.5, 0.6) is 11.5 Å². The molecular weight excluding hydrogens is 709 g/mol. The van der Waals surface area contributed by atoms with E-state index in [4.69, 9.17) is 9.72 Å². The van der Waals surface area contributed by atoms with Crippen molar-refractivity contribution in [3.63, 3.8) is 0 Å². The maximum absolute atomic E-state index is 6.71. The van der Waals surface area contributed by atoms with Crippen LogP contribution in [0.4, 0.5) is 22.7 Å². The first-order chi connectivity index (χ1) is 28.7. The standard InChI is InChI=1S/C53H36N4O/c1-36-26-31-51(54-34-36)57-48-25-11-10-22-46(48)47-29-28-42(33-50(47)57)58-41-20-12-19-40(32-41)55-35-56(53-45-21-9-8-18-39(45)27-30-49(53)55)52-43(37-14-4-2-5-15-37)23-13-24-44(52)38-16-6-3-7-17-38/h2-34H,1H3/q+2. The summed E-state index contributed by atoms with van der Waals surface area (Å²) in [5.41, 5.74) is 11.9. The van der Waals surface area contributed by atoms with Gasteiger partial charge in [-0.15, -0.1) is 0 Å². The van der Waals surface area contributed by atoms with Crippen LogP contribution in [0.1, 0.15) is 5.56 Å². The first kappa shape index (κ1) is 33.5. The van der Waals surface area contributed by atoms with Crippen molar-refractivity contribution in [2.45, 2.75) is 6.92 Å². The first-order valence-electron chi connectivity index (χ1n) is 19.5. The summed E-state index contributed by atoms with van der Waals surface area (Å²) >= 11 is 0. The molecule has 0 spiro atoms. The van der Waals surface area contributed by atoms with Crippen molar-refractivity contribution in [1.29, 1.82) is 0 Å². The van der Waals surface area contributed by atoms with Gasteiger partial charge in [0.1, 0.15) is 17.3 Å². The predicted molar refractivity (Wildman–Crippen MR) is 239 cm³/mol. The third-order valence-corrected chi connectivity index (χ3v) is 11.1. The molecule has 0 unspecified atom stereocenters. The van der Waals surface area contributed by atoms with Crippen LogP contribution in [0, 0.1) is 6.92 Å². The molecule has 0 radical (unpaired) electrons. The van der Waals surface area contributed by atoms with E-state index < -0.39 is 0 Å². The van der Waals surface area contributed by atoms with Gasteiger partial charge in [0, 0.05) is 35.2 Å². The predicted octanol–water partition coefficient (Wildman–Crippen LogP) is 13.6. The average molecular weight is 745 g/mol. The van der Waals surface area contributed by atoms with Crippen molar-refractivity contribution in [1.82, 2.24) is 18.7 Å². The molecule has 10 aromatic rings. The highest BCUT2D eigenvalue weighted by atomic mass is 16.5. The Kier molecular flexibility index (Phi) is 7.92. The molecule has 1 aliphatic rings. The Morgan fingerprint density at radius 1 is 0.500 bits per heavy atom. The number of pyridine rings is 1. The van der Waals surface area contributed by atoms with E-state index >= 15 is 0 Å². The molecule has 5 nitrogen and oxygen atoms in total. The molecule has 3 heterocycles. The maximum Gasteiger partial charge on any atom is 0.503 e. The van der Waals surface area contributed by atoms with E-state index in [0.717, 1.165) is 89.7 Å². The van der Waals surface area contributed by atoms with Gasteiger partial charge in [-0.05, 0) is 92.7 Å². The zero-order valence-corrected chi connectivity index (χ0v) is 31.7. The molecule has 0 saturated carbocycles. The minimum atomic E-state index is 0.727. The number of hydrogen-bond acceptors (Lipinski definition) is 2. The van der Waals surface area contributed by atoms with E-state index in [1.165, 1.54) is 10.8 Å². The fourth-order valence-corrected chi connectivity index (χ4v) is 8.38. The van der Waals surface area contributed by atoms with Crippen molar-refractivity contribution in [2.75, 3.05) is 0 Å². The molecule has 0 saturated heterocycles. The van der Waals surface area contributed by atoms with Crippen molar-refractivity contribution in [3.05, 3.63) is 206 Å². The van der Waals surface area contributed by atoms with Gasteiger partial charge in [-0.3, -0.25) is 4.57 Å². The number of rotatable bonds is 7. The maximum atomic E-state index is 6.71. The smallest absolute Gasteiger partial charge is 0.457 e. The van der Waals surface area contributed by atoms with Crippen LogP contribution in [0.15, 0.2) is 200 Å². The van der Waals surface area contributed by atoms with Gasteiger partial charge in [0.25, 0.3) is 5.69 Å². The Morgan fingerprint density at radius 2 is 1.17 bits per heavy atom. The Labute approximate surface area is 336 Å². The van der Waals surface area contributed by atoms with Crippen LogP contribution in [-0.2, 0) is 0 Å². The SMILES string of the molecule is Cc1ccc(-n2c3ccccc3c3ccc(Oc4cccc([N+]5=C=[N+](c6c(-c7ccccc7)cccc6-c6ccccc6)c6c5ccc5ccccc65)c4)cc32)nc1. The Hall–Kier alpha value is -7.85. The zero-order valence-electron chi connectivity index (χ0n) is 31.7. The lowest BCUT2D eigenvalue weighted by Gasteiger charge is -2.11. The van der Waals surface area contributed by atoms with E-state index in [1.807, 2.05) is 12.3 Å². The summed E-state index contributed by atoms with van der Waals surface area (Å²) in [4.78, 5) is 4.81. The molecule has 0 amide bonds. The molecule has 8 aromatic carbocycles. The van der Waals surface area contributed by atoms with E-state index in [0.29, 0.717) is 0 Å². The number of aromatic nitrogens is 2.